The molecule has 0 saturated heterocycles. The second-order valence-corrected chi connectivity index (χ2v) is 6.98. The van der Waals surface area contributed by atoms with E-state index in [1.165, 1.54) is 5.57 Å². The predicted molar refractivity (Wildman–Crippen MR) is 64.3 cm³/mol. The van der Waals surface area contributed by atoms with Gasteiger partial charge in [0.25, 0.3) is 0 Å². The average molecular weight is 194 g/mol. The Morgan fingerprint density at radius 2 is 0.857 bits per heavy atom. The number of hydrogen-bond acceptors (Lipinski definition) is 0. The van der Waals surface area contributed by atoms with Gasteiger partial charge in [-0.2, -0.15) is 0 Å². The van der Waals surface area contributed by atoms with Crippen LogP contribution < -0.4 is 0 Å². The summed E-state index contributed by atoms with van der Waals surface area (Å²) in [5.41, 5.74) is 2.43. The summed E-state index contributed by atoms with van der Waals surface area (Å²) in [4.78, 5) is 0. The summed E-state index contributed by atoms with van der Waals surface area (Å²) in [7, 11) is 0. The molecule has 1 saturated carbocycles. The topological polar surface area (TPSA) is 0 Å². The lowest BCUT2D eigenvalue weighted by atomic mass is 9.57. The van der Waals surface area contributed by atoms with Gasteiger partial charge in [-0.05, 0) is 21.7 Å². The number of hydrogen-bond donors (Lipinski definition) is 0. The van der Waals surface area contributed by atoms with Crippen LogP contribution in [0.2, 0.25) is 0 Å². The monoisotopic (exact) mass is 194 g/mol. The molecule has 1 aliphatic carbocycles. The zero-order chi connectivity index (χ0) is 11.6. The Morgan fingerprint density at radius 1 is 0.643 bits per heavy atom. The summed E-state index contributed by atoms with van der Waals surface area (Å²) in [6.45, 7) is 23.2. The summed E-state index contributed by atoms with van der Waals surface area (Å²) in [5.74, 6) is 0. The molecule has 0 N–H and O–H groups in total. The van der Waals surface area contributed by atoms with Crippen molar-refractivity contribution < 1.29 is 0 Å². The van der Waals surface area contributed by atoms with Gasteiger partial charge in [0.1, 0.15) is 0 Å². The van der Waals surface area contributed by atoms with Gasteiger partial charge in [-0.3, -0.25) is 0 Å². The molecule has 0 heterocycles. The van der Waals surface area contributed by atoms with Gasteiger partial charge in [0.2, 0.25) is 0 Å². The van der Waals surface area contributed by atoms with Crippen molar-refractivity contribution in [2.45, 2.75) is 55.4 Å². The van der Waals surface area contributed by atoms with Crippen molar-refractivity contribution in [3.63, 3.8) is 0 Å². The fraction of sp³-hybridized carbons (Fsp3) is 0.857. The molecule has 0 heteroatoms. The molecule has 1 rings (SSSR count). The van der Waals surface area contributed by atoms with Gasteiger partial charge in [-0.25, -0.2) is 0 Å². The zero-order valence-electron chi connectivity index (χ0n) is 11.2. The molecule has 82 valence electrons. The van der Waals surface area contributed by atoms with Crippen molar-refractivity contribution in [2.24, 2.45) is 21.7 Å². The summed E-state index contributed by atoms with van der Waals surface area (Å²) >= 11 is 0. The van der Waals surface area contributed by atoms with E-state index in [1.807, 2.05) is 0 Å². The van der Waals surface area contributed by atoms with Crippen LogP contribution in [0.4, 0.5) is 0 Å². The molecular formula is C14H26. The standard InChI is InChI=1S/C14H26/c1-10-11(2,3)13(6,7)14(8,9)12(10,4)5/h1H2,2-9H3. The Labute approximate surface area is 89.8 Å². The molecule has 0 atom stereocenters. The van der Waals surface area contributed by atoms with Crippen LogP contribution in [-0.4, -0.2) is 0 Å². The fourth-order valence-electron chi connectivity index (χ4n) is 3.10. The van der Waals surface area contributed by atoms with Crippen molar-refractivity contribution in [3.05, 3.63) is 12.2 Å². The maximum absolute atomic E-state index is 4.35. The quantitative estimate of drug-likeness (QED) is 0.492. The fourth-order valence-corrected chi connectivity index (χ4v) is 3.10. The van der Waals surface area contributed by atoms with Crippen molar-refractivity contribution in [3.8, 4) is 0 Å². The Morgan fingerprint density at radius 3 is 0.929 bits per heavy atom. The van der Waals surface area contributed by atoms with Crippen LogP contribution >= 0.6 is 0 Å². The van der Waals surface area contributed by atoms with Gasteiger partial charge in [0.05, 0.1) is 0 Å². The third-order valence-electron chi connectivity index (χ3n) is 6.20. The molecule has 0 aliphatic heterocycles. The van der Waals surface area contributed by atoms with Gasteiger partial charge < -0.3 is 0 Å². The molecule has 14 heavy (non-hydrogen) atoms. The van der Waals surface area contributed by atoms with E-state index in [1.54, 1.807) is 0 Å². The van der Waals surface area contributed by atoms with Crippen LogP contribution in [0.15, 0.2) is 12.2 Å². The van der Waals surface area contributed by atoms with Gasteiger partial charge in [0.15, 0.2) is 0 Å². The van der Waals surface area contributed by atoms with E-state index >= 15 is 0 Å². The van der Waals surface area contributed by atoms with Crippen LogP contribution in [0, 0.1) is 21.7 Å². The van der Waals surface area contributed by atoms with Crippen molar-refractivity contribution >= 4 is 0 Å². The molecule has 1 fully saturated rings. The SMILES string of the molecule is C=C1C(C)(C)C(C)(C)C(C)(C)C1(C)C. The number of rotatable bonds is 0. The second-order valence-electron chi connectivity index (χ2n) is 6.98. The zero-order valence-corrected chi connectivity index (χ0v) is 11.2. The van der Waals surface area contributed by atoms with Crippen molar-refractivity contribution in [1.82, 2.24) is 0 Å². The lowest BCUT2D eigenvalue weighted by Gasteiger charge is -2.46. The molecule has 0 aromatic carbocycles. The minimum atomic E-state index is 0.222. The molecule has 0 nitrogen and oxygen atoms in total. The van der Waals surface area contributed by atoms with E-state index in [2.05, 4.69) is 62.0 Å². The smallest absolute Gasteiger partial charge is 0.00853 e. The van der Waals surface area contributed by atoms with Gasteiger partial charge >= 0.3 is 0 Å². The highest BCUT2D eigenvalue weighted by Gasteiger charge is 2.64. The van der Waals surface area contributed by atoms with Gasteiger partial charge in [0, 0.05) is 0 Å². The van der Waals surface area contributed by atoms with Crippen LogP contribution in [0.3, 0.4) is 0 Å². The molecule has 0 amide bonds. The Kier molecular flexibility index (Phi) is 2.07. The molecule has 0 spiro atoms. The normalized spacial score (nSPS) is 31.9. The van der Waals surface area contributed by atoms with E-state index in [4.69, 9.17) is 0 Å². The van der Waals surface area contributed by atoms with Gasteiger partial charge in [-0.15, -0.1) is 0 Å². The van der Waals surface area contributed by atoms with E-state index in [9.17, 15) is 0 Å². The highest BCUT2D eigenvalue weighted by Crippen LogP contribution is 2.71. The first-order valence-corrected chi connectivity index (χ1v) is 5.60. The third-order valence-corrected chi connectivity index (χ3v) is 6.20. The van der Waals surface area contributed by atoms with Crippen molar-refractivity contribution in [2.75, 3.05) is 0 Å². The molecule has 1 aliphatic rings. The second kappa shape index (κ2) is 2.46. The summed E-state index contributed by atoms with van der Waals surface area (Å²) in [5, 5.41) is 0. The molecule has 0 aromatic heterocycles. The van der Waals surface area contributed by atoms with Crippen LogP contribution in [0.5, 0.6) is 0 Å². The maximum Gasteiger partial charge on any atom is -0.00853 e. The molecule has 0 aromatic rings. The van der Waals surface area contributed by atoms with E-state index in [0.717, 1.165) is 0 Å². The molecule has 0 bridgehead atoms. The highest BCUT2D eigenvalue weighted by atomic mass is 14.7. The van der Waals surface area contributed by atoms with E-state index in [-0.39, 0.29) is 10.8 Å². The average Bonchev–Trinajstić information content (AvgIpc) is 2.05. The van der Waals surface area contributed by atoms with Crippen LogP contribution in [-0.2, 0) is 0 Å². The first-order chi connectivity index (χ1) is 5.90. The van der Waals surface area contributed by atoms with Gasteiger partial charge in [-0.1, -0.05) is 67.5 Å². The molecular weight excluding hydrogens is 168 g/mol. The maximum atomic E-state index is 4.35. The Bertz CT molecular complexity index is 246. The Hall–Kier alpha value is -0.260. The number of allylic oxidation sites excluding steroid dienone is 1. The third kappa shape index (κ3) is 0.902. The van der Waals surface area contributed by atoms with Crippen LogP contribution in [0.1, 0.15) is 55.4 Å². The summed E-state index contributed by atoms with van der Waals surface area (Å²) in [6.07, 6.45) is 0. The van der Waals surface area contributed by atoms with E-state index in [0.29, 0.717) is 10.8 Å². The minimum Gasteiger partial charge on any atom is -0.0987 e. The summed E-state index contributed by atoms with van der Waals surface area (Å²) < 4.78 is 0. The lowest BCUT2D eigenvalue weighted by Crippen LogP contribution is -2.40. The highest BCUT2D eigenvalue weighted by molar-refractivity contribution is 5.32. The molecule has 0 radical (unpaired) electrons. The Balaban J connectivity index is 3.46. The minimum absolute atomic E-state index is 0.222. The first kappa shape index (κ1) is 11.8. The molecule has 0 unspecified atom stereocenters. The predicted octanol–water partition coefficient (Wildman–Crippen LogP) is 4.66. The largest absolute Gasteiger partial charge is 0.0987 e. The first-order valence-electron chi connectivity index (χ1n) is 5.60. The van der Waals surface area contributed by atoms with E-state index < -0.39 is 0 Å². The summed E-state index contributed by atoms with van der Waals surface area (Å²) in [6, 6.07) is 0. The lowest BCUT2D eigenvalue weighted by molar-refractivity contribution is 0.0135. The van der Waals surface area contributed by atoms with Crippen LogP contribution in [0.25, 0.3) is 0 Å². The van der Waals surface area contributed by atoms with Crippen molar-refractivity contribution in [1.29, 1.82) is 0 Å².